The topological polar surface area (TPSA) is 35.0 Å². The monoisotopic (exact) mass is 416 g/mol. The Balaban J connectivity index is 1.54. The highest BCUT2D eigenvalue weighted by Crippen LogP contribution is 2.34. The van der Waals surface area contributed by atoms with Crippen molar-refractivity contribution in [1.82, 2.24) is 10.2 Å². The number of hydrogen-bond acceptors (Lipinski definition) is 3. The molecule has 1 aromatic carbocycles. The Morgan fingerprint density at radius 3 is 2.23 bits per heavy atom. The summed E-state index contributed by atoms with van der Waals surface area (Å²) >= 11 is 0. The van der Waals surface area contributed by atoms with Gasteiger partial charge in [0.25, 0.3) is 0 Å². The molecule has 2 aromatic rings. The lowest BCUT2D eigenvalue weighted by molar-refractivity contribution is 0.249. The summed E-state index contributed by atoms with van der Waals surface area (Å²) in [6.07, 6.45) is 12.1. The van der Waals surface area contributed by atoms with Crippen molar-refractivity contribution >= 4 is 0 Å². The van der Waals surface area contributed by atoms with Crippen LogP contribution in [-0.2, 0) is 6.42 Å². The lowest BCUT2D eigenvalue weighted by Crippen LogP contribution is -2.15. The molecule has 1 heterocycles. The van der Waals surface area contributed by atoms with E-state index in [-0.39, 0.29) is 11.3 Å². The molecule has 0 spiro atoms. The number of aryl methyl sites for hydroxylation is 1. The van der Waals surface area contributed by atoms with Crippen molar-refractivity contribution in [2.75, 3.05) is 6.61 Å². The van der Waals surface area contributed by atoms with Crippen molar-refractivity contribution in [3.05, 3.63) is 41.6 Å². The molecule has 3 rings (SSSR count). The van der Waals surface area contributed by atoms with Crippen LogP contribution in [0.25, 0.3) is 11.3 Å². The van der Waals surface area contributed by atoms with Crippen molar-refractivity contribution in [1.29, 1.82) is 0 Å². The first-order valence-electron chi connectivity index (χ1n) is 11.6. The molecule has 0 atom stereocenters. The van der Waals surface area contributed by atoms with Gasteiger partial charge in [0.15, 0.2) is 11.6 Å². The average molecular weight is 417 g/mol. The number of ether oxygens (including phenoxy) is 1. The fourth-order valence-corrected chi connectivity index (χ4v) is 4.34. The second-order valence-corrected chi connectivity index (χ2v) is 8.57. The maximum Gasteiger partial charge on any atom is 0.201 e. The van der Waals surface area contributed by atoms with E-state index in [4.69, 9.17) is 4.74 Å². The fraction of sp³-hybridized carbons (Fsp3) is 0.600. The van der Waals surface area contributed by atoms with Crippen LogP contribution in [0.4, 0.5) is 8.78 Å². The van der Waals surface area contributed by atoms with Crippen LogP contribution in [0.1, 0.15) is 77.3 Å². The van der Waals surface area contributed by atoms with E-state index in [9.17, 15) is 8.78 Å². The first kappa shape index (κ1) is 22.6. The van der Waals surface area contributed by atoms with Crippen LogP contribution < -0.4 is 4.74 Å². The van der Waals surface area contributed by atoms with Gasteiger partial charge < -0.3 is 4.74 Å². The maximum absolute atomic E-state index is 14.5. The molecule has 0 aliphatic heterocycles. The number of rotatable bonds is 10. The highest BCUT2D eigenvalue weighted by atomic mass is 19.2. The van der Waals surface area contributed by atoms with Crippen LogP contribution in [0.15, 0.2) is 24.3 Å². The van der Waals surface area contributed by atoms with Crippen molar-refractivity contribution < 1.29 is 13.5 Å². The lowest BCUT2D eigenvalue weighted by atomic mass is 9.78. The van der Waals surface area contributed by atoms with Gasteiger partial charge in [-0.05, 0) is 55.4 Å². The van der Waals surface area contributed by atoms with Gasteiger partial charge in [-0.25, -0.2) is 4.39 Å². The Hall–Kier alpha value is -2.04. The molecule has 1 fully saturated rings. The smallest absolute Gasteiger partial charge is 0.201 e. The SMILES string of the molecule is CCCCC1CCC(CCc2ccc(-c3ccc(OCCC)c(F)c3F)nn2)CC1. The fourth-order valence-electron chi connectivity index (χ4n) is 4.34. The van der Waals surface area contributed by atoms with E-state index in [0.717, 1.165) is 36.8 Å². The zero-order chi connectivity index (χ0) is 21.3. The summed E-state index contributed by atoms with van der Waals surface area (Å²) in [5.41, 5.74) is 1.37. The maximum atomic E-state index is 14.5. The lowest BCUT2D eigenvalue weighted by Gasteiger charge is -2.28. The Bertz CT molecular complexity index is 786. The van der Waals surface area contributed by atoms with E-state index < -0.39 is 11.6 Å². The molecule has 0 unspecified atom stereocenters. The standard InChI is InChI=1S/C25H34F2N2O/c1-3-5-6-18-7-9-19(10-8-18)11-12-20-13-15-22(29-28-20)21-14-16-23(30-17-4-2)25(27)24(21)26/h13-16,18-19H,3-12,17H2,1-2H3. The van der Waals surface area contributed by atoms with E-state index >= 15 is 0 Å². The number of benzene rings is 1. The van der Waals surface area contributed by atoms with Crippen molar-refractivity contribution in [2.45, 2.75) is 78.1 Å². The van der Waals surface area contributed by atoms with Gasteiger partial charge in [0.1, 0.15) is 0 Å². The summed E-state index contributed by atoms with van der Waals surface area (Å²) in [6.45, 7) is 4.53. The van der Waals surface area contributed by atoms with E-state index in [2.05, 4.69) is 17.1 Å². The Labute approximate surface area is 179 Å². The van der Waals surface area contributed by atoms with E-state index in [1.54, 1.807) is 6.07 Å². The van der Waals surface area contributed by atoms with Crippen LogP contribution in [0, 0.1) is 23.5 Å². The molecule has 1 aliphatic carbocycles. The molecule has 0 N–H and O–H groups in total. The van der Waals surface area contributed by atoms with Crippen molar-refractivity contribution in [3.63, 3.8) is 0 Å². The molecule has 0 amide bonds. The zero-order valence-corrected chi connectivity index (χ0v) is 18.3. The summed E-state index contributed by atoms with van der Waals surface area (Å²) in [5, 5.41) is 8.42. The largest absolute Gasteiger partial charge is 0.490 e. The minimum Gasteiger partial charge on any atom is -0.490 e. The number of halogens is 2. The van der Waals surface area contributed by atoms with Gasteiger partial charge in [-0.15, -0.1) is 0 Å². The number of unbranched alkanes of at least 4 members (excludes halogenated alkanes) is 1. The molecule has 3 nitrogen and oxygen atoms in total. The molecule has 1 aliphatic rings. The van der Waals surface area contributed by atoms with Gasteiger partial charge in [0, 0.05) is 5.56 Å². The quantitative estimate of drug-likeness (QED) is 0.413. The Kier molecular flexibility index (Phi) is 8.59. The Morgan fingerprint density at radius 2 is 1.60 bits per heavy atom. The predicted octanol–water partition coefficient (Wildman–Crippen LogP) is 7.14. The van der Waals surface area contributed by atoms with E-state index in [1.165, 1.54) is 57.1 Å². The summed E-state index contributed by atoms with van der Waals surface area (Å²) in [5.74, 6) is -0.278. The van der Waals surface area contributed by atoms with Gasteiger partial charge in [0.05, 0.1) is 18.0 Å². The number of nitrogens with zero attached hydrogens (tertiary/aromatic N) is 2. The number of aromatic nitrogens is 2. The van der Waals surface area contributed by atoms with Gasteiger partial charge in [-0.1, -0.05) is 58.8 Å². The Morgan fingerprint density at radius 1 is 0.867 bits per heavy atom. The van der Waals surface area contributed by atoms with Crippen LogP contribution in [-0.4, -0.2) is 16.8 Å². The molecule has 0 bridgehead atoms. The molecule has 0 radical (unpaired) electrons. The van der Waals surface area contributed by atoms with Gasteiger partial charge >= 0.3 is 0 Å². The summed E-state index contributed by atoms with van der Waals surface area (Å²) < 4.78 is 33.9. The molecule has 1 saturated carbocycles. The van der Waals surface area contributed by atoms with Gasteiger partial charge in [-0.2, -0.15) is 14.6 Å². The first-order chi connectivity index (χ1) is 14.6. The molecule has 5 heteroatoms. The summed E-state index contributed by atoms with van der Waals surface area (Å²) in [6, 6.07) is 6.57. The normalized spacial score (nSPS) is 19.1. The highest BCUT2D eigenvalue weighted by molar-refractivity contribution is 5.61. The van der Waals surface area contributed by atoms with Gasteiger partial charge in [0.2, 0.25) is 5.82 Å². The molecule has 1 aromatic heterocycles. The first-order valence-corrected chi connectivity index (χ1v) is 11.6. The van der Waals surface area contributed by atoms with Crippen LogP contribution >= 0.6 is 0 Å². The van der Waals surface area contributed by atoms with E-state index in [0.29, 0.717) is 12.3 Å². The van der Waals surface area contributed by atoms with Crippen molar-refractivity contribution in [3.8, 4) is 17.0 Å². The zero-order valence-electron chi connectivity index (χ0n) is 18.3. The minimum atomic E-state index is -0.971. The summed E-state index contributed by atoms with van der Waals surface area (Å²) in [4.78, 5) is 0. The van der Waals surface area contributed by atoms with Crippen molar-refractivity contribution in [2.24, 2.45) is 11.8 Å². The van der Waals surface area contributed by atoms with Gasteiger partial charge in [-0.3, -0.25) is 0 Å². The second-order valence-electron chi connectivity index (χ2n) is 8.57. The highest BCUT2D eigenvalue weighted by Gasteiger charge is 2.21. The summed E-state index contributed by atoms with van der Waals surface area (Å²) in [7, 11) is 0. The molecule has 30 heavy (non-hydrogen) atoms. The van der Waals surface area contributed by atoms with Crippen LogP contribution in [0.3, 0.4) is 0 Å². The average Bonchev–Trinajstić information content (AvgIpc) is 2.78. The van der Waals surface area contributed by atoms with E-state index in [1.807, 2.05) is 13.0 Å². The molecule has 164 valence electrons. The second kappa shape index (κ2) is 11.4. The van der Waals surface area contributed by atoms with Crippen LogP contribution in [0.2, 0.25) is 0 Å². The molecular formula is C25H34F2N2O. The third-order valence-electron chi connectivity index (χ3n) is 6.25. The minimum absolute atomic E-state index is 0.0629. The predicted molar refractivity (Wildman–Crippen MR) is 116 cm³/mol. The third kappa shape index (κ3) is 5.99. The van der Waals surface area contributed by atoms with Crippen LogP contribution in [0.5, 0.6) is 5.75 Å². The third-order valence-corrected chi connectivity index (χ3v) is 6.25. The molecule has 0 saturated heterocycles. The molecular weight excluding hydrogens is 382 g/mol. The number of hydrogen-bond donors (Lipinski definition) is 0.